The van der Waals surface area contributed by atoms with Gasteiger partial charge in [0.25, 0.3) is 5.78 Å². The summed E-state index contributed by atoms with van der Waals surface area (Å²) in [6, 6.07) is 15.0. The molecule has 0 aliphatic carbocycles. The molecule has 108 valence electrons. The van der Waals surface area contributed by atoms with E-state index in [1.807, 2.05) is 52.7 Å². The maximum atomic E-state index is 9.44. The van der Waals surface area contributed by atoms with Crippen LogP contribution in [0.25, 0.3) is 16.7 Å². The molecule has 0 bridgehead atoms. The molecule has 4 rings (SSSR count). The van der Waals surface area contributed by atoms with Crippen LogP contribution in [0.1, 0.15) is 0 Å². The number of phenols is 1. The molecule has 0 unspecified atom stereocenters. The van der Waals surface area contributed by atoms with E-state index in [1.165, 1.54) is 0 Å². The number of anilines is 2. The van der Waals surface area contributed by atoms with Gasteiger partial charge in [-0.25, -0.2) is 0 Å². The van der Waals surface area contributed by atoms with Gasteiger partial charge in [0, 0.05) is 18.1 Å². The highest BCUT2D eigenvalue weighted by Crippen LogP contribution is 2.30. The summed E-state index contributed by atoms with van der Waals surface area (Å²) >= 11 is 0. The van der Waals surface area contributed by atoms with Crippen molar-refractivity contribution in [2.45, 2.75) is 0 Å². The third-order valence-corrected chi connectivity index (χ3v) is 3.69. The number of hydrogen-bond donors (Lipinski definition) is 1. The Balaban J connectivity index is 1.97. The fraction of sp³-hybridized carbons (Fsp3) is 0.0625. The number of hydrogen-bond acceptors (Lipinski definition) is 5. The van der Waals surface area contributed by atoms with Gasteiger partial charge in [0.15, 0.2) is 0 Å². The van der Waals surface area contributed by atoms with Crippen molar-refractivity contribution in [1.29, 1.82) is 0 Å². The Labute approximate surface area is 126 Å². The molecule has 0 radical (unpaired) electrons. The number of aromatic nitrogens is 4. The number of phenolic OH excluding ortho intramolecular Hbond substituents is 1. The van der Waals surface area contributed by atoms with Crippen LogP contribution in [-0.2, 0) is 0 Å². The van der Waals surface area contributed by atoms with Crippen LogP contribution in [0.3, 0.4) is 0 Å². The molecule has 2 heterocycles. The van der Waals surface area contributed by atoms with Crippen molar-refractivity contribution in [3.05, 3.63) is 54.9 Å². The fourth-order valence-electron chi connectivity index (χ4n) is 2.56. The van der Waals surface area contributed by atoms with Gasteiger partial charge in [-0.05, 0) is 36.4 Å². The van der Waals surface area contributed by atoms with Crippen LogP contribution in [0, 0.1) is 0 Å². The van der Waals surface area contributed by atoms with Gasteiger partial charge < -0.3 is 10.0 Å². The molecule has 0 fully saturated rings. The molecule has 0 aliphatic rings. The number of aromatic hydroxyl groups is 1. The Morgan fingerprint density at radius 3 is 2.64 bits per heavy atom. The standard InChI is InChI=1S/C16H13N5O/c1-20(11-6-8-12(22)9-7-11)15-13-4-2-3-5-14(13)21-10-17-19-16(21)18-15/h2-10,22H,1H3. The molecule has 22 heavy (non-hydrogen) atoms. The summed E-state index contributed by atoms with van der Waals surface area (Å²) in [5.41, 5.74) is 1.93. The lowest BCUT2D eigenvalue weighted by Crippen LogP contribution is -2.12. The molecular formula is C16H13N5O. The van der Waals surface area contributed by atoms with Crippen molar-refractivity contribution in [3.63, 3.8) is 0 Å². The molecule has 1 N–H and O–H groups in total. The minimum atomic E-state index is 0.239. The van der Waals surface area contributed by atoms with Gasteiger partial charge in [0.05, 0.1) is 5.52 Å². The molecule has 0 saturated heterocycles. The van der Waals surface area contributed by atoms with Crippen molar-refractivity contribution < 1.29 is 5.11 Å². The summed E-state index contributed by atoms with van der Waals surface area (Å²) in [7, 11) is 1.94. The van der Waals surface area contributed by atoms with Gasteiger partial charge in [0.2, 0.25) is 0 Å². The Bertz CT molecular complexity index is 961. The van der Waals surface area contributed by atoms with Crippen LogP contribution in [0.5, 0.6) is 5.75 Å². The quantitative estimate of drug-likeness (QED) is 0.615. The van der Waals surface area contributed by atoms with E-state index >= 15 is 0 Å². The molecule has 0 aliphatic heterocycles. The Hall–Kier alpha value is -3.15. The zero-order valence-electron chi connectivity index (χ0n) is 11.9. The van der Waals surface area contributed by atoms with E-state index in [1.54, 1.807) is 18.5 Å². The zero-order chi connectivity index (χ0) is 15.1. The lowest BCUT2D eigenvalue weighted by Gasteiger charge is -2.20. The maximum Gasteiger partial charge on any atom is 0.257 e. The summed E-state index contributed by atoms with van der Waals surface area (Å²) in [5, 5.41) is 18.4. The molecule has 2 aromatic carbocycles. The van der Waals surface area contributed by atoms with E-state index in [2.05, 4.69) is 15.2 Å². The average molecular weight is 291 g/mol. The Kier molecular flexibility index (Phi) is 2.69. The smallest absolute Gasteiger partial charge is 0.257 e. The second-order valence-electron chi connectivity index (χ2n) is 5.03. The molecule has 0 spiro atoms. The Morgan fingerprint density at radius 2 is 1.82 bits per heavy atom. The predicted molar refractivity (Wildman–Crippen MR) is 84.5 cm³/mol. The van der Waals surface area contributed by atoms with Crippen molar-refractivity contribution in [2.24, 2.45) is 0 Å². The van der Waals surface area contributed by atoms with Crippen LogP contribution in [0.4, 0.5) is 11.5 Å². The van der Waals surface area contributed by atoms with Gasteiger partial charge >= 0.3 is 0 Å². The highest BCUT2D eigenvalue weighted by molar-refractivity contribution is 5.93. The highest BCUT2D eigenvalue weighted by atomic mass is 16.3. The van der Waals surface area contributed by atoms with Crippen LogP contribution in [-0.4, -0.2) is 31.7 Å². The van der Waals surface area contributed by atoms with Crippen molar-refractivity contribution in [1.82, 2.24) is 19.6 Å². The maximum absolute atomic E-state index is 9.44. The first kappa shape index (κ1) is 12.6. The highest BCUT2D eigenvalue weighted by Gasteiger charge is 2.13. The summed E-state index contributed by atoms with van der Waals surface area (Å²) in [5.74, 6) is 1.59. The Morgan fingerprint density at radius 1 is 1.05 bits per heavy atom. The molecule has 0 atom stereocenters. The summed E-state index contributed by atoms with van der Waals surface area (Å²) in [6.07, 6.45) is 1.66. The first-order valence-electron chi connectivity index (χ1n) is 6.85. The normalized spacial score (nSPS) is 11.1. The fourth-order valence-corrected chi connectivity index (χ4v) is 2.56. The van der Waals surface area contributed by atoms with Gasteiger partial charge in [-0.15, -0.1) is 10.2 Å². The minimum Gasteiger partial charge on any atom is -0.508 e. The average Bonchev–Trinajstić information content (AvgIpc) is 3.03. The van der Waals surface area contributed by atoms with E-state index in [0.717, 1.165) is 22.4 Å². The third-order valence-electron chi connectivity index (χ3n) is 3.69. The first-order chi connectivity index (χ1) is 10.7. The molecule has 4 aromatic rings. The molecule has 0 saturated carbocycles. The van der Waals surface area contributed by atoms with Crippen LogP contribution in [0.15, 0.2) is 54.9 Å². The number of benzene rings is 2. The van der Waals surface area contributed by atoms with Crippen molar-refractivity contribution >= 4 is 28.2 Å². The summed E-state index contributed by atoms with van der Waals surface area (Å²) < 4.78 is 1.86. The minimum absolute atomic E-state index is 0.239. The first-order valence-corrected chi connectivity index (χ1v) is 6.85. The molecule has 6 nitrogen and oxygen atoms in total. The van der Waals surface area contributed by atoms with Gasteiger partial charge in [-0.1, -0.05) is 12.1 Å². The van der Waals surface area contributed by atoms with E-state index in [9.17, 15) is 5.11 Å². The van der Waals surface area contributed by atoms with Crippen LogP contribution >= 0.6 is 0 Å². The molecule has 0 amide bonds. The lowest BCUT2D eigenvalue weighted by molar-refractivity contribution is 0.475. The van der Waals surface area contributed by atoms with Crippen LogP contribution in [0.2, 0.25) is 0 Å². The van der Waals surface area contributed by atoms with E-state index in [-0.39, 0.29) is 5.75 Å². The number of fused-ring (bicyclic) bond motifs is 3. The third kappa shape index (κ3) is 1.85. The van der Waals surface area contributed by atoms with E-state index in [0.29, 0.717) is 5.78 Å². The van der Waals surface area contributed by atoms with Crippen molar-refractivity contribution in [3.8, 4) is 5.75 Å². The monoisotopic (exact) mass is 291 g/mol. The van der Waals surface area contributed by atoms with E-state index in [4.69, 9.17) is 0 Å². The molecular weight excluding hydrogens is 278 g/mol. The predicted octanol–water partition coefficient (Wildman–Crippen LogP) is 2.75. The van der Waals surface area contributed by atoms with Crippen molar-refractivity contribution in [2.75, 3.05) is 11.9 Å². The van der Waals surface area contributed by atoms with Crippen LogP contribution < -0.4 is 4.90 Å². The second-order valence-corrected chi connectivity index (χ2v) is 5.03. The molecule has 6 heteroatoms. The summed E-state index contributed by atoms with van der Waals surface area (Å²) in [4.78, 5) is 6.58. The second kappa shape index (κ2) is 4.70. The zero-order valence-corrected chi connectivity index (χ0v) is 11.9. The number of para-hydroxylation sites is 1. The number of nitrogens with zero attached hydrogens (tertiary/aromatic N) is 5. The SMILES string of the molecule is CN(c1ccc(O)cc1)c1nc2nncn2c2ccccc12. The van der Waals surface area contributed by atoms with Gasteiger partial charge in [-0.3, -0.25) is 4.40 Å². The largest absolute Gasteiger partial charge is 0.508 e. The van der Waals surface area contributed by atoms with Gasteiger partial charge in [-0.2, -0.15) is 4.98 Å². The topological polar surface area (TPSA) is 66.5 Å². The summed E-state index contributed by atoms with van der Waals surface area (Å²) in [6.45, 7) is 0. The van der Waals surface area contributed by atoms with E-state index < -0.39 is 0 Å². The lowest BCUT2D eigenvalue weighted by atomic mass is 10.2. The van der Waals surface area contributed by atoms with Gasteiger partial charge in [0.1, 0.15) is 17.9 Å². The molecule has 2 aromatic heterocycles. The number of rotatable bonds is 2.